The van der Waals surface area contributed by atoms with Gasteiger partial charge in [0.05, 0.1) is 22.8 Å². The van der Waals surface area contributed by atoms with E-state index in [-0.39, 0.29) is 12.4 Å². The van der Waals surface area contributed by atoms with Gasteiger partial charge in [-0.2, -0.15) is 0 Å². The minimum absolute atomic E-state index is 0.0506. The normalized spacial score (nSPS) is 10.4. The zero-order valence-corrected chi connectivity index (χ0v) is 11.0. The molecule has 0 radical (unpaired) electrons. The van der Waals surface area contributed by atoms with Crippen LogP contribution in [-0.2, 0) is 11.2 Å². The van der Waals surface area contributed by atoms with Gasteiger partial charge in [0.25, 0.3) is 0 Å². The van der Waals surface area contributed by atoms with E-state index in [9.17, 15) is 4.79 Å². The van der Waals surface area contributed by atoms with Crippen LogP contribution in [0, 0.1) is 6.92 Å². The van der Waals surface area contributed by atoms with E-state index in [4.69, 9.17) is 22.4 Å². The number of halogens is 1. The Morgan fingerprint density at radius 2 is 2.16 bits per heavy atom. The molecule has 0 bridgehead atoms. The third kappa shape index (κ3) is 3.00. The molecular formula is C13H12ClN3O2. The van der Waals surface area contributed by atoms with Gasteiger partial charge in [0, 0.05) is 5.56 Å². The monoisotopic (exact) mass is 277 g/mol. The zero-order chi connectivity index (χ0) is 14.0. The fourth-order valence-corrected chi connectivity index (χ4v) is 1.97. The number of carbonyl (C=O) groups is 1. The van der Waals surface area contributed by atoms with Crippen molar-refractivity contribution in [2.75, 3.05) is 5.73 Å². The second kappa shape index (κ2) is 5.24. The highest BCUT2D eigenvalue weighted by atomic mass is 35.5. The Labute approximate surface area is 115 Å². The number of hydrogen-bond acceptors (Lipinski definition) is 4. The zero-order valence-electron chi connectivity index (χ0n) is 10.2. The molecule has 0 spiro atoms. The van der Waals surface area contributed by atoms with Crippen molar-refractivity contribution in [2.24, 2.45) is 0 Å². The highest BCUT2D eigenvalue weighted by Gasteiger charge is 2.11. The summed E-state index contributed by atoms with van der Waals surface area (Å²) < 4.78 is 0. The molecule has 0 aliphatic carbocycles. The van der Waals surface area contributed by atoms with E-state index in [2.05, 4.69) is 9.97 Å². The lowest BCUT2D eigenvalue weighted by Crippen LogP contribution is -2.02. The largest absolute Gasteiger partial charge is 0.481 e. The summed E-state index contributed by atoms with van der Waals surface area (Å²) in [6.45, 7) is 1.74. The van der Waals surface area contributed by atoms with Crippen LogP contribution in [0.4, 0.5) is 5.95 Å². The Balaban J connectivity index is 2.50. The Bertz CT molecular complexity index is 644. The molecule has 0 saturated heterocycles. The molecule has 0 unspecified atom stereocenters. The predicted octanol–water partition coefficient (Wildman–Crippen LogP) is 2.31. The maximum atomic E-state index is 10.7. The summed E-state index contributed by atoms with van der Waals surface area (Å²) in [5, 5.41) is 9.22. The first-order chi connectivity index (χ1) is 8.97. The third-order valence-corrected chi connectivity index (χ3v) is 3.04. The van der Waals surface area contributed by atoms with Crippen molar-refractivity contribution in [3.63, 3.8) is 0 Å². The molecule has 0 fully saturated rings. The summed E-state index contributed by atoms with van der Waals surface area (Å²) in [7, 11) is 0. The van der Waals surface area contributed by atoms with Gasteiger partial charge in [0.15, 0.2) is 0 Å². The van der Waals surface area contributed by atoms with Gasteiger partial charge in [-0.15, -0.1) is 0 Å². The average molecular weight is 278 g/mol. The molecule has 2 rings (SSSR count). The molecular weight excluding hydrogens is 266 g/mol. The molecule has 1 aromatic heterocycles. The van der Waals surface area contributed by atoms with Gasteiger partial charge < -0.3 is 10.8 Å². The van der Waals surface area contributed by atoms with Crippen LogP contribution < -0.4 is 5.73 Å². The van der Waals surface area contributed by atoms with E-state index >= 15 is 0 Å². The first-order valence-electron chi connectivity index (χ1n) is 5.58. The first-order valence-corrected chi connectivity index (χ1v) is 5.96. The minimum atomic E-state index is -0.887. The summed E-state index contributed by atoms with van der Waals surface area (Å²) in [5.41, 5.74) is 8.11. The van der Waals surface area contributed by atoms with Gasteiger partial charge in [-0.3, -0.25) is 4.79 Å². The number of aromatic nitrogens is 2. The van der Waals surface area contributed by atoms with Gasteiger partial charge in [0.1, 0.15) is 0 Å². The lowest BCUT2D eigenvalue weighted by Gasteiger charge is -2.08. The molecule has 1 aromatic carbocycles. The van der Waals surface area contributed by atoms with Crippen LogP contribution in [0.1, 0.15) is 11.3 Å². The van der Waals surface area contributed by atoms with Crippen molar-refractivity contribution in [2.45, 2.75) is 13.3 Å². The molecule has 5 nitrogen and oxygen atoms in total. The van der Waals surface area contributed by atoms with Crippen molar-refractivity contribution in [3.05, 3.63) is 40.5 Å². The number of carboxylic acid groups (broad SMARTS) is 1. The smallest absolute Gasteiger partial charge is 0.307 e. The summed E-state index contributed by atoms with van der Waals surface area (Å²) in [6, 6.07) is 7.04. The lowest BCUT2D eigenvalue weighted by molar-refractivity contribution is -0.136. The topological polar surface area (TPSA) is 89.1 Å². The van der Waals surface area contributed by atoms with Crippen LogP contribution in [0.15, 0.2) is 24.3 Å². The van der Waals surface area contributed by atoms with Gasteiger partial charge >= 0.3 is 5.97 Å². The van der Waals surface area contributed by atoms with Crippen LogP contribution in [0.3, 0.4) is 0 Å². The highest BCUT2D eigenvalue weighted by Crippen LogP contribution is 2.29. The highest BCUT2D eigenvalue weighted by molar-refractivity contribution is 6.33. The molecule has 6 heteroatoms. The molecule has 0 atom stereocenters. The number of nitrogen functional groups attached to an aromatic ring is 1. The van der Waals surface area contributed by atoms with Gasteiger partial charge in [-0.25, -0.2) is 9.97 Å². The predicted molar refractivity (Wildman–Crippen MR) is 73.0 cm³/mol. The number of carboxylic acids is 1. The van der Waals surface area contributed by atoms with Gasteiger partial charge in [0.2, 0.25) is 5.95 Å². The Kier molecular flexibility index (Phi) is 3.66. The molecule has 0 amide bonds. The molecule has 2 aromatic rings. The maximum absolute atomic E-state index is 10.7. The lowest BCUT2D eigenvalue weighted by atomic mass is 10.1. The number of hydrogen-bond donors (Lipinski definition) is 2. The van der Waals surface area contributed by atoms with E-state index < -0.39 is 5.97 Å². The van der Waals surface area contributed by atoms with Gasteiger partial charge in [-0.1, -0.05) is 29.8 Å². The van der Waals surface area contributed by atoms with Crippen LogP contribution in [0.25, 0.3) is 11.3 Å². The number of benzene rings is 1. The molecule has 98 valence electrons. The summed E-state index contributed by atoms with van der Waals surface area (Å²) >= 11 is 6.16. The van der Waals surface area contributed by atoms with Crippen LogP contribution >= 0.6 is 11.6 Å². The fraction of sp³-hybridized carbons (Fsp3) is 0.154. The summed E-state index contributed by atoms with van der Waals surface area (Å²) in [5.74, 6) is -0.748. The van der Waals surface area contributed by atoms with Crippen LogP contribution in [-0.4, -0.2) is 21.0 Å². The minimum Gasteiger partial charge on any atom is -0.481 e. The van der Waals surface area contributed by atoms with E-state index in [0.29, 0.717) is 22.0 Å². The molecule has 0 saturated carbocycles. The van der Waals surface area contributed by atoms with Crippen LogP contribution in [0.2, 0.25) is 5.02 Å². The maximum Gasteiger partial charge on any atom is 0.307 e. The van der Waals surface area contributed by atoms with Crippen molar-refractivity contribution < 1.29 is 9.90 Å². The first kappa shape index (κ1) is 13.3. The van der Waals surface area contributed by atoms with E-state index in [0.717, 1.165) is 5.56 Å². The average Bonchev–Trinajstić information content (AvgIpc) is 2.33. The number of nitrogens with two attached hydrogens (primary N) is 1. The fourth-order valence-electron chi connectivity index (χ4n) is 1.78. The van der Waals surface area contributed by atoms with Crippen molar-refractivity contribution >= 4 is 23.5 Å². The number of aryl methyl sites for hydroxylation is 1. The van der Waals surface area contributed by atoms with E-state index in [1.165, 1.54) is 0 Å². The standard InChI is InChI=1S/C13H12ClN3O2/c1-7-11(14)12(17-13(15)16-7)9-4-2-3-8(5-9)6-10(18)19/h2-5H,6H2,1H3,(H,18,19)(H2,15,16,17). The molecule has 0 aliphatic heterocycles. The third-order valence-electron chi connectivity index (χ3n) is 2.59. The summed E-state index contributed by atoms with van der Waals surface area (Å²) in [6.07, 6.45) is -0.0506. The quantitative estimate of drug-likeness (QED) is 0.899. The number of aliphatic carboxylic acids is 1. The summed E-state index contributed by atoms with van der Waals surface area (Å²) in [4.78, 5) is 18.8. The molecule has 0 aliphatic rings. The van der Waals surface area contributed by atoms with E-state index in [1.807, 2.05) is 0 Å². The van der Waals surface area contributed by atoms with Crippen LogP contribution in [0.5, 0.6) is 0 Å². The van der Waals surface area contributed by atoms with E-state index in [1.54, 1.807) is 31.2 Å². The Morgan fingerprint density at radius 1 is 1.42 bits per heavy atom. The van der Waals surface area contributed by atoms with Gasteiger partial charge in [-0.05, 0) is 18.6 Å². The number of rotatable bonds is 3. The van der Waals surface area contributed by atoms with Crippen molar-refractivity contribution in [1.29, 1.82) is 0 Å². The molecule has 1 heterocycles. The van der Waals surface area contributed by atoms with Crippen molar-refractivity contribution in [1.82, 2.24) is 9.97 Å². The Morgan fingerprint density at radius 3 is 2.84 bits per heavy atom. The number of anilines is 1. The molecule has 3 N–H and O–H groups in total. The Hall–Kier alpha value is -2.14. The van der Waals surface area contributed by atoms with Crippen molar-refractivity contribution in [3.8, 4) is 11.3 Å². The second-order valence-electron chi connectivity index (χ2n) is 4.10. The second-order valence-corrected chi connectivity index (χ2v) is 4.48. The molecule has 19 heavy (non-hydrogen) atoms. The number of nitrogens with zero attached hydrogens (tertiary/aromatic N) is 2. The SMILES string of the molecule is Cc1nc(N)nc(-c2cccc(CC(=O)O)c2)c1Cl.